The number of amides is 2. The van der Waals surface area contributed by atoms with Gasteiger partial charge < -0.3 is 10.2 Å². The maximum absolute atomic E-state index is 13.8. The van der Waals surface area contributed by atoms with E-state index in [-0.39, 0.29) is 23.6 Å². The summed E-state index contributed by atoms with van der Waals surface area (Å²) in [5, 5.41) is 4.86. The summed E-state index contributed by atoms with van der Waals surface area (Å²) in [6, 6.07) is 22.3. The lowest BCUT2D eigenvalue weighted by atomic mass is 9.94. The van der Waals surface area contributed by atoms with Crippen LogP contribution in [0.5, 0.6) is 0 Å². The van der Waals surface area contributed by atoms with Crippen LogP contribution in [-0.4, -0.2) is 34.6 Å². The monoisotopic (exact) mass is 602 g/mol. The summed E-state index contributed by atoms with van der Waals surface area (Å²) >= 11 is 20.0. The van der Waals surface area contributed by atoms with Crippen molar-refractivity contribution in [1.82, 2.24) is 10.2 Å². The maximum atomic E-state index is 13.8. The zero-order chi connectivity index (χ0) is 27.6. The van der Waals surface area contributed by atoms with Crippen molar-refractivity contribution in [3.8, 4) is 0 Å². The molecule has 0 saturated heterocycles. The van der Waals surface area contributed by atoms with E-state index in [1.54, 1.807) is 11.0 Å². The van der Waals surface area contributed by atoms with Gasteiger partial charge in [0.05, 0.1) is 15.8 Å². The second-order valence-corrected chi connectivity index (χ2v) is 12.2. The number of halogens is 3. The van der Waals surface area contributed by atoms with Crippen LogP contribution in [0.3, 0.4) is 0 Å². The molecule has 39 heavy (non-hydrogen) atoms. The minimum Gasteiger partial charge on any atom is -0.352 e. The third-order valence-electron chi connectivity index (χ3n) is 6.94. The number of carbonyl (C=O) groups excluding carboxylic acids is 2. The molecule has 0 aromatic heterocycles. The summed E-state index contributed by atoms with van der Waals surface area (Å²) in [5.74, 6) is 0.629. The van der Waals surface area contributed by atoms with E-state index in [1.807, 2.05) is 66.7 Å². The standard InChI is InChI=1S/C31H33Cl3N2O2S/c32-25-11-7-10-23(16-25)19-36(30(37)21-39-20-24-14-15-27(33)28(34)17-24)29(18-22-8-3-1-4-9-22)31(38)35-26-12-5-2-6-13-26/h1,3-4,7-11,14-17,26,29H,2,5-6,12-13,18-21H2,(H,35,38)/t29-/m0/s1. The molecule has 0 unspecified atom stereocenters. The number of nitrogens with zero attached hydrogens (tertiary/aromatic N) is 1. The van der Waals surface area contributed by atoms with Crippen LogP contribution in [0.25, 0.3) is 0 Å². The van der Waals surface area contributed by atoms with E-state index in [0.717, 1.165) is 42.4 Å². The molecule has 1 saturated carbocycles. The first-order valence-electron chi connectivity index (χ1n) is 13.3. The van der Waals surface area contributed by atoms with E-state index in [9.17, 15) is 9.59 Å². The molecule has 0 radical (unpaired) electrons. The Hall–Kier alpha value is -2.18. The average Bonchev–Trinajstić information content (AvgIpc) is 2.93. The van der Waals surface area contributed by atoms with Gasteiger partial charge in [0, 0.05) is 29.8 Å². The summed E-state index contributed by atoms with van der Waals surface area (Å²) in [6.07, 6.45) is 5.82. The topological polar surface area (TPSA) is 49.4 Å². The van der Waals surface area contributed by atoms with Crippen molar-refractivity contribution in [2.45, 2.75) is 62.9 Å². The molecule has 0 heterocycles. The number of carbonyl (C=O) groups is 2. The molecule has 1 aliphatic carbocycles. The van der Waals surface area contributed by atoms with Crippen molar-refractivity contribution in [2.24, 2.45) is 0 Å². The lowest BCUT2D eigenvalue weighted by Crippen LogP contribution is -2.53. The Morgan fingerprint density at radius 2 is 1.59 bits per heavy atom. The van der Waals surface area contributed by atoms with E-state index in [2.05, 4.69) is 5.32 Å². The number of hydrogen-bond acceptors (Lipinski definition) is 3. The SMILES string of the molecule is O=C(NC1CCCCC1)[C@H](Cc1ccccc1)N(Cc1cccc(Cl)c1)C(=O)CSCc1ccc(Cl)c(Cl)c1. The molecule has 2 amide bonds. The smallest absolute Gasteiger partial charge is 0.243 e. The highest BCUT2D eigenvalue weighted by Crippen LogP contribution is 2.26. The molecular weight excluding hydrogens is 571 g/mol. The fourth-order valence-electron chi connectivity index (χ4n) is 4.90. The molecule has 0 bridgehead atoms. The van der Waals surface area contributed by atoms with Gasteiger partial charge in [0.1, 0.15) is 6.04 Å². The van der Waals surface area contributed by atoms with Gasteiger partial charge in [-0.05, 0) is 53.8 Å². The van der Waals surface area contributed by atoms with Crippen molar-refractivity contribution in [3.63, 3.8) is 0 Å². The number of hydrogen-bond donors (Lipinski definition) is 1. The van der Waals surface area contributed by atoms with Gasteiger partial charge in [-0.3, -0.25) is 9.59 Å². The Morgan fingerprint density at radius 1 is 0.846 bits per heavy atom. The summed E-state index contributed by atoms with van der Waals surface area (Å²) in [5.41, 5.74) is 2.88. The second-order valence-electron chi connectivity index (χ2n) is 9.94. The Balaban J connectivity index is 1.56. The fourth-order valence-corrected chi connectivity index (χ4v) is 6.29. The Morgan fingerprint density at radius 3 is 2.31 bits per heavy atom. The third-order valence-corrected chi connectivity index (χ3v) is 8.91. The molecule has 8 heteroatoms. The molecule has 3 aromatic carbocycles. The van der Waals surface area contributed by atoms with Crippen molar-refractivity contribution >= 4 is 58.4 Å². The van der Waals surface area contributed by atoms with Crippen molar-refractivity contribution in [1.29, 1.82) is 0 Å². The first kappa shape index (κ1) is 29.8. The normalized spacial score (nSPS) is 14.5. The first-order valence-corrected chi connectivity index (χ1v) is 15.6. The molecule has 4 nitrogen and oxygen atoms in total. The summed E-state index contributed by atoms with van der Waals surface area (Å²) in [6.45, 7) is 0.294. The van der Waals surface area contributed by atoms with Crippen LogP contribution < -0.4 is 5.32 Å². The van der Waals surface area contributed by atoms with Crippen molar-refractivity contribution in [3.05, 3.63) is 105 Å². The highest BCUT2D eigenvalue weighted by atomic mass is 35.5. The zero-order valence-electron chi connectivity index (χ0n) is 21.8. The molecule has 1 N–H and O–H groups in total. The second kappa shape index (κ2) is 15.0. The van der Waals surface area contributed by atoms with Crippen LogP contribution in [0.2, 0.25) is 15.1 Å². The zero-order valence-corrected chi connectivity index (χ0v) is 24.8. The van der Waals surface area contributed by atoms with E-state index in [1.165, 1.54) is 18.2 Å². The van der Waals surface area contributed by atoms with Crippen molar-refractivity contribution in [2.75, 3.05) is 5.75 Å². The quantitative estimate of drug-likeness (QED) is 0.242. The van der Waals surface area contributed by atoms with Gasteiger partial charge >= 0.3 is 0 Å². The molecule has 206 valence electrons. The minimum absolute atomic E-state index is 0.0974. The van der Waals surface area contributed by atoms with Gasteiger partial charge in [0.25, 0.3) is 0 Å². The fraction of sp³-hybridized carbons (Fsp3) is 0.355. The Kier molecular flexibility index (Phi) is 11.5. The van der Waals surface area contributed by atoms with Crippen LogP contribution in [0, 0.1) is 0 Å². The lowest BCUT2D eigenvalue weighted by Gasteiger charge is -2.33. The predicted octanol–water partition coefficient (Wildman–Crippen LogP) is 7.97. The molecule has 0 aliphatic heterocycles. The Bertz CT molecular complexity index is 1250. The van der Waals surface area contributed by atoms with Crippen LogP contribution in [0.15, 0.2) is 72.8 Å². The van der Waals surface area contributed by atoms with Gasteiger partial charge in [-0.25, -0.2) is 0 Å². The molecule has 4 rings (SSSR count). The van der Waals surface area contributed by atoms with Gasteiger partial charge in [0.15, 0.2) is 0 Å². The summed E-state index contributed by atoms with van der Waals surface area (Å²) < 4.78 is 0. The van der Waals surface area contributed by atoms with Crippen LogP contribution in [-0.2, 0) is 28.3 Å². The number of rotatable bonds is 11. The number of thioether (sulfide) groups is 1. The van der Waals surface area contributed by atoms with Gasteiger partial charge in [-0.1, -0.05) is 103 Å². The predicted molar refractivity (Wildman–Crippen MR) is 164 cm³/mol. The van der Waals surface area contributed by atoms with Crippen LogP contribution in [0.4, 0.5) is 0 Å². The van der Waals surface area contributed by atoms with E-state index >= 15 is 0 Å². The van der Waals surface area contributed by atoms with Crippen molar-refractivity contribution < 1.29 is 9.59 Å². The molecule has 1 atom stereocenters. The van der Waals surface area contributed by atoms with Gasteiger partial charge in [-0.15, -0.1) is 11.8 Å². The van der Waals surface area contributed by atoms with Gasteiger partial charge in [0.2, 0.25) is 11.8 Å². The number of benzene rings is 3. The molecular formula is C31H33Cl3N2O2S. The molecule has 0 spiro atoms. The van der Waals surface area contributed by atoms with Gasteiger partial charge in [-0.2, -0.15) is 0 Å². The molecule has 3 aromatic rings. The molecule has 1 aliphatic rings. The van der Waals surface area contributed by atoms with Crippen LogP contribution >= 0.6 is 46.6 Å². The van der Waals surface area contributed by atoms with E-state index < -0.39 is 6.04 Å². The highest BCUT2D eigenvalue weighted by Gasteiger charge is 2.31. The van der Waals surface area contributed by atoms with E-state index in [4.69, 9.17) is 34.8 Å². The first-order chi connectivity index (χ1) is 18.9. The number of nitrogens with one attached hydrogen (secondary N) is 1. The van der Waals surface area contributed by atoms with Crippen LogP contribution in [0.1, 0.15) is 48.8 Å². The lowest BCUT2D eigenvalue weighted by molar-refractivity contribution is -0.139. The maximum Gasteiger partial charge on any atom is 0.243 e. The van der Waals surface area contributed by atoms with E-state index in [0.29, 0.717) is 33.8 Å². The minimum atomic E-state index is -0.647. The highest BCUT2D eigenvalue weighted by molar-refractivity contribution is 7.99. The largest absolute Gasteiger partial charge is 0.352 e. The summed E-state index contributed by atoms with van der Waals surface area (Å²) in [4.78, 5) is 29.4. The average molecular weight is 604 g/mol. The third kappa shape index (κ3) is 9.18. The Labute approximate surface area is 250 Å². The molecule has 1 fully saturated rings. The summed E-state index contributed by atoms with van der Waals surface area (Å²) in [7, 11) is 0.